The third kappa shape index (κ3) is 3.63. The first kappa shape index (κ1) is 16.3. The zero-order valence-electron chi connectivity index (χ0n) is 10.5. The van der Waals surface area contributed by atoms with Gasteiger partial charge >= 0.3 is 51.4 Å². The van der Waals surface area contributed by atoms with Gasteiger partial charge in [0.1, 0.15) is 10.1 Å². The molecular weight excluding hydrogens is 275 g/mol. The molecule has 0 heterocycles. The minimum atomic E-state index is -4.42. The molecule has 0 saturated heterocycles. The summed E-state index contributed by atoms with van der Waals surface area (Å²) in [6, 6.07) is 10.5. The topological polar surface area (TPSA) is 57.2 Å². The van der Waals surface area contributed by atoms with Gasteiger partial charge in [-0.3, -0.25) is 0 Å². The molecule has 0 aliphatic heterocycles. The van der Waals surface area contributed by atoms with Crippen molar-refractivity contribution >= 4 is 20.9 Å². The van der Waals surface area contributed by atoms with Crippen molar-refractivity contribution in [2.75, 3.05) is 0 Å². The van der Waals surface area contributed by atoms with E-state index >= 15 is 0 Å². The van der Waals surface area contributed by atoms with Crippen LogP contribution in [0.5, 0.6) is 0 Å². The van der Waals surface area contributed by atoms with Crippen LogP contribution in [0.25, 0.3) is 10.8 Å². The SMILES string of the molecule is CCCc1cc(S(=O)(=O)[O-])c2ccccc2c1.[K+]. The second-order valence-electron chi connectivity index (χ2n) is 4.02. The molecule has 90 valence electrons. The Hall–Kier alpha value is 0.246. The van der Waals surface area contributed by atoms with Crippen molar-refractivity contribution in [1.82, 2.24) is 0 Å². The molecule has 0 aromatic heterocycles. The Bertz CT molecular complexity index is 650. The molecule has 2 aromatic carbocycles. The fraction of sp³-hybridized carbons (Fsp3) is 0.231. The molecule has 0 saturated carbocycles. The average molecular weight is 288 g/mol. The number of hydrogen-bond acceptors (Lipinski definition) is 3. The molecule has 0 unspecified atom stereocenters. The summed E-state index contributed by atoms with van der Waals surface area (Å²) >= 11 is 0. The molecule has 0 aliphatic carbocycles. The van der Waals surface area contributed by atoms with Crippen LogP contribution in [0.1, 0.15) is 18.9 Å². The van der Waals surface area contributed by atoms with Crippen LogP contribution in [0.3, 0.4) is 0 Å². The molecule has 3 nitrogen and oxygen atoms in total. The van der Waals surface area contributed by atoms with Crippen LogP contribution >= 0.6 is 0 Å². The minimum Gasteiger partial charge on any atom is -0.744 e. The summed E-state index contributed by atoms with van der Waals surface area (Å²) in [6.45, 7) is 2.01. The fourth-order valence-corrected chi connectivity index (χ4v) is 2.73. The van der Waals surface area contributed by atoms with Crippen molar-refractivity contribution in [3.8, 4) is 0 Å². The summed E-state index contributed by atoms with van der Waals surface area (Å²) in [6.07, 6.45) is 1.68. The summed E-state index contributed by atoms with van der Waals surface area (Å²) < 4.78 is 33.7. The van der Waals surface area contributed by atoms with Crippen LogP contribution in [-0.2, 0) is 16.5 Å². The van der Waals surface area contributed by atoms with Crippen LogP contribution in [0.2, 0.25) is 0 Å². The molecule has 5 heteroatoms. The monoisotopic (exact) mass is 288 g/mol. The Balaban J connectivity index is 0.00000162. The van der Waals surface area contributed by atoms with Gasteiger partial charge in [-0.2, -0.15) is 0 Å². The van der Waals surface area contributed by atoms with E-state index in [0.717, 1.165) is 23.8 Å². The van der Waals surface area contributed by atoms with E-state index in [4.69, 9.17) is 0 Å². The van der Waals surface area contributed by atoms with Gasteiger partial charge in [0.2, 0.25) is 0 Å². The number of benzene rings is 2. The summed E-state index contributed by atoms with van der Waals surface area (Å²) in [5, 5.41) is 1.30. The van der Waals surface area contributed by atoms with Crippen molar-refractivity contribution in [2.45, 2.75) is 24.7 Å². The first-order chi connectivity index (χ1) is 8.02. The van der Waals surface area contributed by atoms with E-state index in [1.807, 2.05) is 25.1 Å². The van der Waals surface area contributed by atoms with Crippen molar-refractivity contribution in [3.05, 3.63) is 42.0 Å². The largest absolute Gasteiger partial charge is 1.00 e. The van der Waals surface area contributed by atoms with Gasteiger partial charge in [-0.15, -0.1) is 0 Å². The molecule has 0 fully saturated rings. The van der Waals surface area contributed by atoms with Crippen LogP contribution in [0.15, 0.2) is 41.3 Å². The van der Waals surface area contributed by atoms with Crippen molar-refractivity contribution in [2.24, 2.45) is 0 Å². The Labute approximate surface area is 150 Å². The summed E-state index contributed by atoms with van der Waals surface area (Å²) in [4.78, 5) is -0.112. The van der Waals surface area contributed by atoms with E-state index < -0.39 is 10.1 Å². The summed E-state index contributed by atoms with van der Waals surface area (Å²) in [5.41, 5.74) is 0.889. The first-order valence-corrected chi connectivity index (χ1v) is 6.91. The predicted molar refractivity (Wildman–Crippen MR) is 65.9 cm³/mol. The maximum absolute atomic E-state index is 11.2. The third-order valence-electron chi connectivity index (χ3n) is 2.69. The second-order valence-corrected chi connectivity index (χ2v) is 5.37. The number of aryl methyl sites for hydroxylation is 1. The van der Waals surface area contributed by atoms with E-state index in [1.54, 1.807) is 12.1 Å². The Morgan fingerprint density at radius 2 is 1.83 bits per heavy atom. The van der Waals surface area contributed by atoms with E-state index in [9.17, 15) is 13.0 Å². The molecule has 0 bridgehead atoms. The normalized spacial score (nSPS) is 11.2. The Morgan fingerprint density at radius 3 is 2.44 bits per heavy atom. The molecule has 0 aliphatic rings. The Morgan fingerprint density at radius 1 is 1.17 bits per heavy atom. The smallest absolute Gasteiger partial charge is 0.744 e. The quantitative estimate of drug-likeness (QED) is 0.575. The molecule has 18 heavy (non-hydrogen) atoms. The van der Waals surface area contributed by atoms with Gasteiger partial charge in [-0.1, -0.05) is 43.7 Å². The molecule has 0 spiro atoms. The van der Waals surface area contributed by atoms with Gasteiger partial charge in [-0.05, 0) is 28.8 Å². The molecular formula is C13H13KO3S. The molecule has 0 atom stereocenters. The molecule has 2 rings (SSSR count). The third-order valence-corrected chi connectivity index (χ3v) is 3.57. The summed E-state index contributed by atoms with van der Waals surface area (Å²) in [7, 11) is -4.42. The maximum Gasteiger partial charge on any atom is 1.00 e. The number of rotatable bonds is 3. The zero-order chi connectivity index (χ0) is 12.5. The molecule has 2 aromatic rings. The van der Waals surface area contributed by atoms with Crippen molar-refractivity contribution in [3.63, 3.8) is 0 Å². The average Bonchev–Trinajstić information content (AvgIpc) is 2.27. The van der Waals surface area contributed by atoms with Crippen molar-refractivity contribution in [1.29, 1.82) is 0 Å². The van der Waals surface area contributed by atoms with E-state index in [0.29, 0.717) is 5.39 Å². The minimum absolute atomic E-state index is 0. The zero-order valence-corrected chi connectivity index (χ0v) is 14.5. The second kappa shape index (κ2) is 6.61. The first-order valence-electron chi connectivity index (χ1n) is 5.50. The van der Waals surface area contributed by atoms with Gasteiger partial charge in [0.05, 0.1) is 4.90 Å². The fourth-order valence-electron chi connectivity index (χ4n) is 1.97. The van der Waals surface area contributed by atoms with E-state index in [-0.39, 0.29) is 56.3 Å². The van der Waals surface area contributed by atoms with Gasteiger partial charge in [0, 0.05) is 0 Å². The van der Waals surface area contributed by atoms with Crippen molar-refractivity contribution < 1.29 is 64.4 Å². The van der Waals surface area contributed by atoms with Gasteiger partial charge < -0.3 is 4.55 Å². The van der Waals surface area contributed by atoms with Gasteiger partial charge in [0.25, 0.3) is 0 Å². The maximum atomic E-state index is 11.2. The standard InChI is InChI=1S/C13H14O3S.K/c1-2-5-10-8-11-6-3-4-7-12(11)13(9-10)17(14,15)16;/h3-4,6-9H,2,5H2,1H3,(H,14,15,16);/q;+1/p-1. The van der Waals surface area contributed by atoms with Crippen LogP contribution < -0.4 is 51.4 Å². The summed E-state index contributed by atoms with van der Waals surface area (Å²) in [5.74, 6) is 0. The van der Waals surface area contributed by atoms with Gasteiger partial charge in [-0.25, -0.2) is 8.42 Å². The molecule has 0 N–H and O–H groups in total. The Kier molecular flexibility index (Phi) is 5.98. The van der Waals surface area contributed by atoms with Gasteiger partial charge in [0.15, 0.2) is 0 Å². The van der Waals surface area contributed by atoms with Crippen LogP contribution in [-0.4, -0.2) is 13.0 Å². The molecule has 0 amide bonds. The molecule has 0 radical (unpaired) electrons. The van der Waals surface area contributed by atoms with Crippen LogP contribution in [0.4, 0.5) is 0 Å². The van der Waals surface area contributed by atoms with E-state index in [1.165, 1.54) is 6.07 Å². The number of fused-ring (bicyclic) bond motifs is 1. The number of hydrogen-bond donors (Lipinski definition) is 0. The van der Waals surface area contributed by atoms with Crippen LogP contribution in [0, 0.1) is 0 Å². The van der Waals surface area contributed by atoms with E-state index in [2.05, 4.69) is 0 Å². The predicted octanol–water partition coefficient (Wildman–Crippen LogP) is -0.300.